The molecule has 2 heteroatoms. The fourth-order valence-electron chi connectivity index (χ4n) is 2.28. The first kappa shape index (κ1) is 14.0. The zero-order valence-electron chi connectivity index (χ0n) is 11.9. The van der Waals surface area contributed by atoms with E-state index in [1.807, 2.05) is 0 Å². The van der Waals surface area contributed by atoms with E-state index in [0.29, 0.717) is 5.92 Å². The third-order valence-corrected chi connectivity index (χ3v) is 3.96. The van der Waals surface area contributed by atoms with Crippen molar-refractivity contribution in [1.82, 2.24) is 0 Å². The van der Waals surface area contributed by atoms with Crippen molar-refractivity contribution in [1.29, 1.82) is 0 Å². The summed E-state index contributed by atoms with van der Waals surface area (Å²) in [5, 5.41) is 0. The molecule has 96 valence electrons. The summed E-state index contributed by atoms with van der Waals surface area (Å²) >= 11 is 0. The maximum Gasteiger partial charge on any atom is 0.122 e. The fourth-order valence-corrected chi connectivity index (χ4v) is 2.28. The zero-order valence-corrected chi connectivity index (χ0v) is 11.9. The molecular weight excluding hydrogens is 210 g/mol. The first-order valence-corrected chi connectivity index (χ1v) is 6.29. The van der Waals surface area contributed by atoms with Crippen LogP contribution >= 0.6 is 0 Å². The molecule has 0 spiro atoms. The fraction of sp³-hybridized carbons (Fsp3) is 0.600. The maximum atomic E-state index is 6.51. The van der Waals surface area contributed by atoms with E-state index < -0.39 is 0 Å². The number of hydrogen-bond donors (Lipinski definition) is 1. The zero-order chi connectivity index (χ0) is 13.2. The van der Waals surface area contributed by atoms with Gasteiger partial charge in [-0.2, -0.15) is 0 Å². The molecule has 0 fully saturated rings. The number of ether oxygens (including phenoxy) is 1. The van der Waals surface area contributed by atoms with Gasteiger partial charge >= 0.3 is 0 Å². The molecule has 2 N–H and O–H groups in total. The van der Waals surface area contributed by atoms with Crippen molar-refractivity contribution in [3.8, 4) is 5.75 Å². The second-order valence-corrected chi connectivity index (χ2v) is 5.23. The van der Waals surface area contributed by atoms with Gasteiger partial charge < -0.3 is 10.5 Å². The molecule has 0 bridgehead atoms. The normalized spacial score (nSPS) is 16.4. The molecule has 2 atom stereocenters. The van der Waals surface area contributed by atoms with Gasteiger partial charge in [-0.25, -0.2) is 0 Å². The molecule has 0 aliphatic heterocycles. The monoisotopic (exact) mass is 235 g/mol. The van der Waals surface area contributed by atoms with E-state index in [-0.39, 0.29) is 5.54 Å². The number of nitrogens with two attached hydrogens (primary N) is 1. The van der Waals surface area contributed by atoms with Crippen LogP contribution in [0.3, 0.4) is 0 Å². The van der Waals surface area contributed by atoms with Crippen molar-refractivity contribution in [3.05, 3.63) is 28.8 Å². The summed E-state index contributed by atoms with van der Waals surface area (Å²) in [5.41, 5.74) is 9.81. The van der Waals surface area contributed by atoms with Crippen molar-refractivity contribution >= 4 is 0 Å². The highest BCUT2D eigenvalue weighted by molar-refractivity contribution is 5.44. The lowest BCUT2D eigenvalue weighted by atomic mass is 9.78. The van der Waals surface area contributed by atoms with Gasteiger partial charge in [0.15, 0.2) is 0 Å². The molecule has 17 heavy (non-hydrogen) atoms. The van der Waals surface area contributed by atoms with Crippen molar-refractivity contribution in [2.75, 3.05) is 7.11 Å². The van der Waals surface area contributed by atoms with Crippen molar-refractivity contribution in [3.63, 3.8) is 0 Å². The highest BCUT2D eigenvalue weighted by Gasteiger charge is 2.29. The lowest BCUT2D eigenvalue weighted by molar-refractivity contribution is 0.314. The average molecular weight is 235 g/mol. The van der Waals surface area contributed by atoms with E-state index in [0.717, 1.165) is 17.7 Å². The van der Waals surface area contributed by atoms with Crippen LogP contribution in [0.5, 0.6) is 5.75 Å². The Balaban J connectivity index is 3.27. The Morgan fingerprint density at radius 3 is 2.35 bits per heavy atom. The molecule has 2 nitrogen and oxygen atoms in total. The molecule has 0 aromatic heterocycles. The summed E-state index contributed by atoms with van der Waals surface area (Å²) in [4.78, 5) is 0. The van der Waals surface area contributed by atoms with Crippen LogP contribution in [0.1, 0.15) is 43.9 Å². The summed E-state index contributed by atoms with van der Waals surface area (Å²) in [6.45, 7) is 10.7. The van der Waals surface area contributed by atoms with Crippen LogP contribution < -0.4 is 10.5 Å². The summed E-state index contributed by atoms with van der Waals surface area (Å²) in [6, 6.07) is 4.25. The molecular formula is C15H25NO. The highest BCUT2D eigenvalue weighted by atomic mass is 16.5. The van der Waals surface area contributed by atoms with Crippen LogP contribution in [0.25, 0.3) is 0 Å². The maximum absolute atomic E-state index is 6.51. The van der Waals surface area contributed by atoms with Gasteiger partial charge in [-0.1, -0.05) is 26.3 Å². The minimum absolute atomic E-state index is 0.282. The topological polar surface area (TPSA) is 35.2 Å². The number of methoxy groups -OCH3 is 1. The van der Waals surface area contributed by atoms with Crippen LogP contribution in [-0.2, 0) is 5.54 Å². The number of rotatable bonds is 4. The highest BCUT2D eigenvalue weighted by Crippen LogP contribution is 2.34. The summed E-state index contributed by atoms with van der Waals surface area (Å²) in [6.07, 6.45) is 1.08. The van der Waals surface area contributed by atoms with E-state index in [4.69, 9.17) is 10.5 Å². The molecule has 1 aromatic carbocycles. The second-order valence-electron chi connectivity index (χ2n) is 5.23. The predicted molar refractivity (Wildman–Crippen MR) is 73.5 cm³/mol. The van der Waals surface area contributed by atoms with Gasteiger partial charge in [-0.15, -0.1) is 0 Å². The van der Waals surface area contributed by atoms with Gasteiger partial charge in [0.1, 0.15) is 5.75 Å². The SMILES string of the molecule is CCC(C)C(C)(N)c1cc(C)c(OC)cc1C. The molecule has 0 aliphatic rings. The minimum Gasteiger partial charge on any atom is -0.496 e. The lowest BCUT2D eigenvalue weighted by Crippen LogP contribution is -2.40. The lowest BCUT2D eigenvalue weighted by Gasteiger charge is -2.33. The largest absolute Gasteiger partial charge is 0.496 e. The number of aryl methyl sites for hydroxylation is 2. The number of hydrogen-bond acceptors (Lipinski definition) is 2. The van der Waals surface area contributed by atoms with Crippen LogP contribution in [-0.4, -0.2) is 7.11 Å². The Morgan fingerprint density at radius 1 is 1.29 bits per heavy atom. The van der Waals surface area contributed by atoms with E-state index in [2.05, 4.69) is 46.8 Å². The summed E-state index contributed by atoms with van der Waals surface area (Å²) in [7, 11) is 1.71. The van der Waals surface area contributed by atoms with Gasteiger partial charge in [0.05, 0.1) is 7.11 Å². The van der Waals surface area contributed by atoms with Crippen molar-refractivity contribution < 1.29 is 4.74 Å². The van der Waals surface area contributed by atoms with E-state index in [9.17, 15) is 0 Å². The standard InChI is InChI=1S/C15H25NO/c1-7-12(4)15(5,16)13-8-11(3)14(17-6)9-10(13)2/h8-9,12H,7,16H2,1-6H3. The van der Waals surface area contributed by atoms with Gasteiger partial charge in [0, 0.05) is 5.54 Å². The first-order chi connectivity index (χ1) is 7.84. The minimum atomic E-state index is -0.282. The van der Waals surface area contributed by atoms with Crippen LogP contribution in [0, 0.1) is 19.8 Å². The van der Waals surface area contributed by atoms with Gasteiger partial charge in [-0.3, -0.25) is 0 Å². The van der Waals surface area contributed by atoms with Crippen LogP contribution in [0.15, 0.2) is 12.1 Å². The Hall–Kier alpha value is -1.02. The van der Waals surface area contributed by atoms with Crippen molar-refractivity contribution in [2.24, 2.45) is 11.7 Å². The Bertz CT molecular complexity index is 396. The van der Waals surface area contributed by atoms with E-state index in [1.165, 1.54) is 11.1 Å². The van der Waals surface area contributed by atoms with E-state index >= 15 is 0 Å². The van der Waals surface area contributed by atoms with Crippen LogP contribution in [0.4, 0.5) is 0 Å². The molecule has 0 saturated carbocycles. The average Bonchev–Trinajstić information content (AvgIpc) is 2.30. The molecule has 0 saturated heterocycles. The Morgan fingerprint density at radius 2 is 1.88 bits per heavy atom. The Kier molecular flexibility index (Phi) is 4.21. The molecule has 2 unspecified atom stereocenters. The molecule has 0 heterocycles. The van der Waals surface area contributed by atoms with Gasteiger partial charge in [-0.05, 0) is 49.4 Å². The molecule has 0 aliphatic carbocycles. The van der Waals surface area contributed by atoms with Crippen molar-refractivity contribution in [2.45, 2.75) is 46.6 Å². The van der Waals surface area contributed by atoms with Gasteiger partial charge in [0.25, 0.3) is 0 Å². The summed E-state index contributed by atoms with van der Waals surface area (Å²) in [5.74, 6) is 1.39. The molecule has 0 amide bonds. The van der Waals surface area contributed by atoms with Gasteiger partial charge in [0.2, 0.25) is 0 Å². The second kappa shape index (κ2) is 5.09. The number of benzene rings is 1. The first-order valence-electron chi connectivity index (χ1n) is 6.29. The molecule has 1 rings (SSSR count). The van der Waals surface area contributed by atoms with E-state index in [1.54, 1.807) is 7.11 Å². The summed E-state index contributed by atoms with van der Waals surface area (Å²) < 4.78 is 5.34. The van der Waals surface area contributed by atoms with Crippen LogP contribution in [0.2, 0.25) is 0 Å². The molecule has 1 aromatic rings. The Labute approximate surface area is 105 Å². The smallest absolute Gasteiger partial charge is 0.122 e. The quantitative estimate of drug-likeness (QED) is 0.866. The third-order valence-electron chi connectivity index (χ3n) is 3.96. The molecule has 0 radical (unpaired) electrons. The predicted octanol–water partition coefficient (Wildman–Crippen LogP) is 3.53. The third kappa shape index (κ3) is 2.63.